The van der Waals surface area contributed by atoms with Gasteiger partial charge in [0.1, 0.15) is 17.9 Å². The van der Waals surface area contributed by atoms with Crippen molar-refractivity contribution in [3.8, 4) is 0 Å². The van der Waals surface area contributed by atoms with Crippen molar-refractivity contribution in [2.24, 2.45) is 7.05 Å². The number of fused-ring (bicyclic) bond motifs is 1. The Balaban J connectivity index is 1.86. The highest BCUT2D eigenvalue weighted by molar-refractivity contribution is 6.05. The summed E-state index contributed by atoms with van der Waals surface area (Å²) >= 11 is 0. The van der Waals surface area contributed by atoms with Gasteiger partial charge in [-0.3, -0.25) is 9.48 Å². The zero-order chi connectivity index (χ0) is 18.8. The Hall–Kier alpha value is -3.30. The molecule has 0 spiro atoms. The van der Waals surface area contributed by atoms with Crippen molar-refractivity contribution in [3.63, 3.8) is 0 Å². The van der Waals surface area contributed by atoms with Gasteiger partial charge < -0.3 is 10.0 Å². The fraction of sp³-hybridized carbons (Fsp3) is 0.312. The van der Waals surface area contributed by atoms with Gasteiger partial charge >= 0.3 is 5.97 Å². The highest BCUT2D eigenvalue weighted by Gasteiger charge is 2.22. The Morgan fingerprint density at radius 2 is 2.15 bits per heavy atom. The van der Waals surface area contributed by atoms with Crippen LogP contribution in [0.4, 0.5) is 10.3 Å². The minimum absolute atomic E-state index is 0.00116. The topological polar surface area (TPSA) is 106 Å². The van der Waals surface area contributed by atoms with Crippen molar-refractivity contribution in [1.82, 2.24) is 24.4 Å². The van der Waals surface area contributed by atoms with Crippen molar-refractivity contribution in [2.75, 3.05) is 25.2 Å². The standard InChI is InChI=1S/C16H17FN6O3/c1-21(6-4-17)16-19-13-8-10(3-5-23(13)20-16)7-12(24)14-11(15(25)26)9-18-22(14)2/h3,5,8-9H,4,6-7H2,1-2H3,(H,25,26). The Morgan fingerprint density at radius 1 is 1.38 bits per heavy atom. The molecular weight excluding hydrogens is 343 g/mol. The van der Waals surface area contributed by atoms with Crippen molar-refractivity contribution in [2.45, 2.75) is 6.42 Å². The monoisotopic (exact) mass is 360 g/mol. The first-order valence-electron chi connectivity index (χ1n) is 7.81. The quantitative estimate of drug-likeness (QED) is 0.626. The van der Waals surface area contributed by atoms with Gasteiger partial charge in [-0.1, -0.05) is 0 Å². The number of carbonyl (C=O) groups excluding carboxylic acids is 1. The number of hydrogen-bond donors (Lipinski definition) is 1. The molecule has 3 aromatic rings. The fourth-order valence-electron chi connectivity index (χ4n) is 2.60. The Labute approximate surface area is 147 Å². The molecule has 0 saturated carbocycles. The van der Waals surface area contributed by atoms with Crippen LogP contribution in [-0.2, 0) is 13.5 Å². The summed E-state index contributed by atoms with van der Waals surface area (Å²) in [5.74, 6) is -1.18. The normalized spacial score (nSPS) is 11.0. The molecule has 3 heterocycles. The number of alkyl halides is 1. The van der Waals surface area contributed by atoms with Crippen LogP contribution < -0.4 is 4.90 Å². The summed E-state index contributed by atoms with van der Waals surface area (Å²) < 4.78 is 15.2. The van der Waals surface area contributed by atoms with Gasteiger partial charge in [-0.2, -0.15) is 10.1 Å². The van der Waals surface area contributed by atoms with E-state index < -0.39 is 12.6 Å². The first kappa shape index (κ1) is 17.5. The van der Waals surface area contributed by atoms with Gasteiger partial charge in [0.25, 0.3) is 0 Å². The van der Waals surface area contributed by atoms with Crippen molar-refractivity contribution >= 4 is 23.3 Å². The Bertz CT molecular complexity index is 980. The van der Waals surface area contributed by atoms with Gasteiger partial charge in [0.2, 0.25) is 5.95 Å². The maximum absolute atomic E-state index is 12.5. The van der Waals surface area contributed by atoms with Gasteiger partial charge in [0.15, 0.2) is 11.4 Å². The number of carboxylic acid groups (broad SMARTS) is 1. The molecule has 0 aliphatic heterocycles. The number of anilines is 1. The van der Waals surface area contributed by atoms with E-state index in [1.165, 1.54) is 16.2 Å². The molecular formula is C16H17FN6O3. The third-order valence-corrected chi connectivity index (χ3v) is 3.95. The lowest BCUT2D eigenvalue weighted by atomic mass is 10.1. The first-order chi connectivity index (χ1) is 12.4. The number of aromatic carboxylic acids is 1. The van der Waals surface area contributed by atoms with E-state index >= 15 is 0 Å². The molecule has 0 aromatic carbocycles. The summed E-state index contributed by atoms with van der Waals surface area (Å²) in [7, 11) is 3.21. The van der Waals surface area contributed by atoms with Gasteiger partial charge in [-0.05, 0) is 17.7 Å². The number of halogens is 1. The Morgan fingerprint density at radius 3 is 2.85 bits per heavy atom. The van der Waals surface area contributed by atoms with Crippen LogP contribution in [0.15, 0.2) is 24.5 Å². The van der Waals surface area contributed by atoms with Gasteiger partial charge in [0, 0.05) is 33.3 Å². The number of Topliss-reactive ketones (excluding diaryl/α,β-unsaturated/α-hetero) is 1. The fourth-order valence-corrected chi connectivity index (χ4v) is 2.60. The molecule has 0 radical (unpaired) electrons. The van der Waals surface area contributed by atoms with Gasteiger partial charge in [-0.15, -0.1) is 5.10 Å². The lowest BCUT2D eigenvalue weighted by Gasteiger charge is -2.10. The van der Waals surface area contributed by atoms with Crippen LogP contribution in [0.2, 0.25) is 0 Å². The molecule has 0 aliphatic rings. The van der Waals surface area contributed by atoms with Crippen molar-refractivity contribution in [1.29, 1.82) is 0 Å². The van der Waals surface area contributed by atoms with Crippen LogP contribution in [0.25, 0.3) is 5.65 Å². The predicted octanol–water partition coefficient (Wildman–Crippen LogP) is 0.992. The number of carbonyl (C=O) groups is 2. The van der Waals surface area contributed by atoms with E-state index in [0.717, 1.165) is 6.20 Å². The lowest BCUT2D eigenvalue weighted by molar-refractivity contribution is 0.0691. The van der Waals surface area contributed by atoms with Crippen LogP contribution in [-0.4, -0.2) is 61.5 Å². The molecule has 0 aliphatic carbocycles. The summed E-state index contributed by atoms with van der Waals surface area (Å²) in [6, 6.07) is 3.39. The van der Waals surface area contributed by atoms with E-state index in [9.17, 15) is 19.1 Å². The molecule has 10 heteroatoms. The number of aryl methyl sites for hydroxylation is 1. The van der Waals surface area contributed by atoms with E-state index in [2.05, 4.69) is 15.2 Å². The van der Waals surface area contributed by atoms with Crippen molar-refractivity contribution < 1.29 is 19.1 Å². The summed E-state index contributed by atoms with van der Waals surface area (Å²) in [6.07, 6.45) is 2.81. The largest absolute Gasteiger partial charge is 0.478 e. The minimum Gasteiger partial charge on any atom is -0.478 e. The number of nitrogens with zero attached hydrogens (tertiary/aromatic N) is 6. The summed E-state index contributed by atoms with van der Waals surface area (Å²) in [6.45, 7) is -0.330. The van der Waals surface area contributed by atoms with Crippen LogP contribution in [0.5, 0.6) is 0 Å². The SMILES string of the molecule is CN(CCF)c1nc2cc(CC(=O)c3c(C(=O)O)cnn3C)ccn2n1. The third kappa shape index (κ3) is 3.25. The number of ketones is 1. The molecule has 136 valence electrons. The number of carboxylic acids is 1. The average Bonchev–Trinajstić information content (AvgIpc) is 3.18. The molecule has 3 aromatic heterocycles. The highest BCUT2D eigenvalue weighted by atomic mass is 19.1. The van der Waals surface area contributed by atoms with E-state index in [4.69, 9.17) is 0 Å². The summed E-state index contributed by atoms with van der Waals surface area (Å²) in [4.78, 5) is 29.7. The second-order valence-corrected chi connectivity index (χ2v) is 5.80. The molecule has 0 bridgehead atoms. The number of rotatable bonds is 7. The number of hydrogen-bond acceptors (Lipinski definition) is 6. The highest BCUT2D eigenvalue weighted by Crippen LogP contribution is 2.15. The maximum atomic E-state index is 12.5. The van der Waals surface area contributed by atoms with Crippen LogP contribution in [0, 0.1) is 0 Å². The second-order valence-electron chi connectivity index (χ2n) is 5.80. The molecule has 3 rings (SSSR count). The van der Waals surface area contributed by atoms with Crippen LogP contribution >= 0.6 is 0 Å². The molecule has 9 nitrogen and oxygen atoms in total. The third-order valence-electron chi connectivity index (χ3n) is 3.95. The maximum Gasteiger partial charge on any atom is 0.339 e. The molecule has 26 heavy (non-hydrogen) atoms. The zero-order valence-electron chi connectivity index (χ0n) is 14.3. The van der Waals surface area contributed by atoms with Crippen LogP contribution in [0.1, 0.15) is 26.4 Å². The average molecular weight is 360 g/mol. The molecule has 0 fully saturated rings. The first-order valence-corrected chi connectivity index (χ1v) is 7.81. The number of pyridine rings is 1. The minimum atomic E-state index is -1.20. The molecule has 0 unspecified atom stereocenters. The van der Waals surface area contributed by atoms with E-state index in [0.29, 0.717) is 17.2 Å². The second kappa shape index (κ2) is 6.90. The molecule has 0 atom stereocenters. The molecule has 0 amide bonds. The van der Waals surface area contributed by atoms with Crippen LogP contribution in [0.3, 0.4) is 0 Å². The zero-order valence-corrected chi connectivity index (χ0v) is 14.3. The Kier molecular flexibility index (Phi) is 4.65. The van der Waals surface area contributed by atoms with E-state index in [-0.39, 0.29) is 30.0 Å². The lowest BCUT2D eigenvalue weighted by Crippen LogP contribution is -2.21. The smallest absolute Gasteiger partial charge is 0.339 e. The number of aromatic nitrogens is 5. The molecule has 0 saturated heterocycles. The van der Waals surface area contributed by atoms with Gasteiger partial charge in [0.05, 0.1) is 6.20 Å². The van der Waals surface area contributed by atoms with E-state index in [1.807, 2.05) is 0 Å². The van der Waals surface area contributed by atoms with Crippen molar-refractivity contribution in [3.05, 3.63) is 41.3 Å². The van der Waals surface area contributed by atoms with E-state index in [1.54, 1.807) is 30.3 Å². The van der Waals surface area contributed by atoms with Gasteiger partial charge in [-0.25, -0.2) is 13.7 Å². The predicted molar refractivity (Wildman–Crippen MR) is 90.4 cm³/mol. The summed E-state index contributed by atoms with van der Waals surface area (Å²) in [5, 5.41) is 17.3. The molecule has 1 N–H and O–H groups in total. The summed E-state index contributed by atoms with van der Waals surface area (Å²) in [5.41, 5.74) is 1.09.